The van der Waals surface area contributed by atoms with Gasteiger partial charge in [0, 0.05) is 5.39 Å². The first kappa shape index (κ1) is 18.6. The first-order chi connectivity index (χ1) is 14.2. The fourth-order valence-electron chi connectivity index (χ4n) is 2.94. The highest BCUT2D eigenvalue weighted by atomic mass is 16.6. The van der Waals surface area contributed by atoms with Crippen LogP contribution in [-0.4, -0.2) is 12.1 Å². The highest BCUT2D eigenvalue weighted by Gasteiger charge is 2.18. The minimum absolute atomic E-state index is 0.453. The fraction of sp³-hybridized carbons (Fsp3) is 0.0800. The zero-order valence-corrected chi connectivity index (χ0v) is 15.9. The van der Waals surface area contributed by atoms with Crippen molar-refractivity contribution in [1.29, 1.82) is 0 Å². The number of para-hydroxylation sites is 1. The lowest BCUT2D eigenvalue weighted by Crippen LogP contribution is -2.28. The fourth-order valence-corrected chi connectivity index (χ4v) is 2.94. The molecule has 0 N–H and O–H groups in total. The maximum atomic E-state index is 12.5. The van der Waals surface area contributed by atoms with Gasteiger partial charge in [-0.1, -0.05) is 54.6 Å². The third-order valence-corrected chi connectivity index (χ3v) is 4.41. The van der Waals surface area contributed by atoms with Crippen molar-refractivity contribution in [2.75, 3.05) is 0 Å². The lowest BCUT2D eigenvalue weighted by Gasteiger charge is -2.15. The Labute approximate surface area is 169 Å². The molecule has 4 aromatic rings. The van der Waals surface area contributed by atoms with Gasteiger partial charge in [0.15, 0.2) is 6.10 Å². The molecule has 0 spiro atoms. The minimum atomic E-state index is -0.755. The Morgan fingerprint density at radius 3 is 2.10 bits per heavy atom. The van der Waals surface area contributed by atoms with Crippen molar-refractivity contribution in [2.45, 2.75) is 13.0 Å². The van der Waals surface area contributed by atoms with Gasteiger partial charge < -0.3 is 14.2 Å². The Kier molecular flexibility index (Phi) is 5.43. The van der Waals surface area contributed by atoms with Gasteiger partial charge in [0.2, 0.25) is 0 Å². The van der Waals surface area contributed by atoms with Crippen molar-refractivity contribution >= 4 is 16.7 Å². The van der Waals surface area contributed by atoms with Gasteiger partial charge in [0.05, 0.1) is 0 Å². The Bertz CT molecular complexity index is 1100. The van der Waals surface area contributed by atoms with E-state index < -0.39 is 12.1 Å². The molecule has 4 heteroatoms. The highest BCUT2D eigenvalue weighted by Crippen LogP contribution is 2.27. The number of hydrogen-bond donors (Lipinski definition) is 0. The Morgan fingerprint density at radius 2 is 1.31 bits per heavy atom. The zero-order chi connectivity index (χ0) is 20.1. The van der Waals surface area contributed by atoms with Crippen molar-refractivity contribution in [3.8, 4) is 23.0 Å². The standard InChI is InChI=1S/C25H20O4/c1-18(25(26)29-24-13-7-9-19-8-5-6-12-23(19)24)27-21-14-16-22(17-15-21)28-20-10-3-2-4-11-20/h2-18H,1H3. The molecule has 0 heterocycles. The summed E-state index contributed by atoms with van der Waals surface area (Å²) in [6.07, 6.45) is -0.755. The smallest absolute Gasteiger partial charge is 0.352 e. The molecular formula is C25H20O4. The van der Waals surface area contributed by atoms with Crippen molar-refractivity contribution in [1.82, 2.24) is 0 Å². The van der Waals surface area contributed by atoms with Gasteiger partial charge in [-0.15, -0.1) is 0 Å². The summed E-state index contributed by atoms with van der Waals surface area (Å²) in [5, 5.41) is 1.90. The van der Waals surface area contributed by atoms with E-state index in [1.165, 1.54) is 0 Å². The number of rotatable bonds is 6. The van der Waals surface area contributed by atoms with E-state index in [1.54, 1.807) is 37.3 Å². The molecule has 0 radical (unpaired) electrons. The van der Waals surface area contributed by atoms with Crippen LogP contribution >= 0.6 is 0 Å². The third-order valence-electron chi connectivity index (χ3n) is 4.41. The lowest BCUT2D eigenvalue weighted by atomic mass is 10.1. The first-order valence-electron chi connectivity index (χ1n) is 9.38. The second-order valence-corrected chi connectivity index (χ2v) is 6.54. The average molecular weight is 384 g/mol. The van der Waals surface area contributed by atoms with E-state index in [-0.39, 0.29) is 0 Å². The summed E-state index contributed by atoms with van der Waals surface area (Å²) in [6.45, 7) is 1.67. The maximum Gasteiger partial charge on any atom is 0.352 e. The van der Waals surface area contributed by atoms with E-state index in [0.29, 0.717) is 17.2 Å². The number of carbonyl (C=O) groups is 1. The largest absolute Gasteiger partial charge is 0.479 e. The summed E-state index contributed by atoms with van der Waals surface area (Å²) in [5.74, 6) is 2.08. The average Bonchev–Trinajstić information content (AvgIpc) is 2.76. The number of fused-ring (bicyclic) bond motifs is 1. The molecule has 4 nitrogen and oxygen atoms in total. The summed E-state index contributed by atoms with van der Waals surface area (Å²) < 4.78 is 17.1. The van der Waals surface area contributed by atoms with Crippen LogP contribution in [0.5, 0.6) is 23.0 Å². The van der Waals surface area contributed by atoms with Gasteiger partial charge >= 0.3 is 5.97 Å². The SMILES string of the molecule is CC(Oc1ccc(Oc2ccccc2)cc1)C(=O)Oc1cccc2ccccc12. The van der Waals surface area contributed by atoms with Gasteiger partial charge in [-0.25, -0.2) is 4.79 Å². The van der Waals surface area contributed by atoms with Crippen molar-refractivity contribution in [3.63, 3.8) is 0 Å². The molecule has 0 aliphatic carbocycles. The summed E-state index contributed by atoms with van der Waals surface area (Å²) in [6, 6.07) is 30.0. The summed E-state index contributed by atoms with van der Waals surface area (Å²) in [4.78, 5) is 12.5. The molecule has 1 atom stereocenters. The van der Waals surface area contributed by atoms with Crippen LogP contribution in [0.4, 0.5) is 0 Å². The van der Waals surface area contributed by atoms with Gasteiger partial charge in [0.25, 0.3) is 0 Å². The molecule has 4 aromatic carbocycles. The van der Waals surface area contributed by atoms with Crippen LogP contribution in [0.2, 0.25) is 0 Å². The molecule has 0 bridgehead atoms. The molecule has 0 saturated carbocycles. The second-order valence-electron chi connectivity index (χ2n) is 6.54. The summed E-state index contributed by atoms with van der Waals surface area (Å²) >= 11 is 0. The van der Waals surface area contributed by atoms with Crippen LogP contribution in [0.3, 0.4) is 0 Å². The van der Waals surface area contributed by atoms with E-state index in [2.05, 4.69) is 0 Å². The summed E-state index contributed by atoms with van der Waals surface area (Å²) in [7, 11) is 0. The Morgan fingerprint density at radius 1 is 0.690 bits per heavy atom. The minimum Gasteiger partial charge on any atom is -0.479 e. The number of esters is 1. The number of benzene rings is 4. The van der Waals surface area contributed by atoms with Crippen LogP contribution in [0, 0.1) is 0 Å². The molecule has 0 aliphatic heterocycles. The van der Waals surface area contributed by atoms with Crippen LogP contribution in [0.15, 0.2) is 97.1 Å². The molecular weight excluding hydrogens is 364 g/mol. The molecule has 29 heavy (non-hydrogen) atoms. The molecule has 0 aliphatic rings. The quantitative estimate of drug-likeness (QED) is 0.302. The number of carbonyl (C=O) groups excluding carboxylic acids is 1. The van der Waals surface area contributed by atoms with E-state index in [1.807, 2.05) is 66.7 Å². The van der Waals surface area contributed by atoms with Gasteiger partial charge in [-0.05, 0) is 54.8 Å². The van der Waals surface area contributed by atoms with Gasteiger partial charge in [-0.2, -0.15) is 0 Å². The van der Waals surface area contributed by atoms with Crippen LogP contribution < -0.4 is 14.2 Å². The zero-order valence-electron chi connectivity index (χ0n) is 15.9. The highest BCUT2D eigenvalue weighted by molar-refractivity contribution is 5.91. The van der Waals surface area contributed by atoms with Crippen molar-refractivity contribution in [2.24, 2.45) is 0 Å². The van der Waals surface area contributed by atoms with Gasteiger partial charge in [0.1, 0.15) is 23.0 Å². The predicted octanol–water partition coefficient (Wildman–Crippen LogP) is 6.01. The van der Waals surface area contributed by atoms with E-state index in [9.17, 15) is 4.79 Å². The monoisotopic (exact) mass is 384 g/mol. The van der Waals surface area contributed by atoms with Crippen LogP contribution in [0.25, 0.3) is 10.8 Å². The van der Waals surface area contributed by atoms with Crippen LogP contribution in [-0.2, 0) is 4.79 Å². The Hall–Kier alpha value is -3.79. The first-order valence-corrected chi connectivity index (χ1v) is 9.38. The van der Waals surface area contributed by atoms with Crippen molar-refractivity contribution in [3.05, 3.63) is 97.1 Å². The van der Waals surface area contributed by atoms with Gasteiger partial charge in [-0.3, -0.25) is 0 Å². The summed E-state index contributed by atoms with van der Waals surface area (Å²) in [5.41, 5.74) is 0. The molecule has 0 saturated heterocycles. The number of hydrogen-bond acceptors (Lipinski definition) is 4. The molecule has 144 valence electrons. The lowest BCUT2D eigenvalue weighted by molar-refractivity contribution is -0.141. The van der Waals surface area contributed by atoms with Crippen molar-refractivity contribution < 1.29 is 19.0 Å². The second kappa shape index (κ2) is 8.48. The number of ether oxygens (including phenoxy) is 3. The molecule has 0 fully saturated rings. The predicted molar refractivity (Wildman–Crippen MR) is 113 cm³/mol. The third kappa shape index (κ3) is 4.55. The maximum absolute atomic E-state index is 12.5. The molecule has 0 aromatic heterocycles. The Balaban J connectivity index is 1.39. The normalized spacial score (nSPS) is 11.6. The molecule has 4 rings (SSSR count). The molecule has 1 unspecified atom stereocenters. The molecule has 0 amide bonds. The van der Waals surface area contributed by atoms with E-state index in [0.717, 1.165) is 16.5 Å². The van der Waals surface area contributed by atoms with E-state index in [4.69, 9.17) is 14.2 Å². The topological polar surface area (TPSA) is 44.8 Å². The van der Waals surface area contributed by atoms with Crippen LogP contribution in [0.1, 0.15) is 6.92 Å². The van der Waals surface area contributed by atoms with E-state index >= 15 is 0 Å².